The summed E-state index contributed by atoms with van der Waals surface area (Å²) in [6.07, 6.45) is -10.2. The van der Waals surface area contributed by atoms with E-state index in [2.05, 4.69) is 5.10 Å². The van der Waals surface area contributed by atoms with Crippen LogP contribution in [0.3, 0.4) is 0 Å². The molecule has 0 unspecified atom stereocenters. The van der Waals surface area contributed by atoms with E-state index in [4.69, 9.17) is 0 Å². The molecule has 4 rings (SSSR count). The van der Waals surface area contributed by atoms with Gasteiger partial charge in [-0.2, -0.15) is 31.4 Å². The average molecular weight is 408 g/mol. The Kier molecular flexibility index (Phi) is 4.14. The summed E-state index contributed by atoms with van der Waals surface area (Å²) < 4.78 is 81.6. The first-order valence-electron chi connectivity index (χ1n) is 8.27. The van der Waals surface area contributed by atoms with Crippen LogP contribution in [0.4, 0.5) is 26.3 Å². The summed E-state index contributed by atoms with van der Waals surface area (Å²) in [6.45, 7) is 0. The van der Waals surface area contributed by atoms with E-state index in [0.717, 1.165) is 0 Å². The second kappa shape index (κ2) is 6.33. The minimum Gasteiger partial charge on any atom is -0.284 e. The van der Waals surface area contributed by atoms with Gasteiger partial charge in [0.2, 0.25) is 0 Å². The Morgan fingerprint density at radius 3 is 1.97 bits per heavy atom. The quantitative estimate of drug-likeness (QED) is 0.304. The van der Waals surface area contributed by atoms with E-state index in [0.29, 0.717) is 10.7 Å². The molecule has 3 nitrogen and oxygen atoms in total. The fraction of sp³-hybridized carbons (Fsp3) is 0.100. The third kappa shape index (κ3) is 3.12. The molecule has 0 aliphatic carbocycles. The number of benzene rings is 3. The molecule has 0 N–H and O–H groups in total. The summed E-state index contributed by atoms with van der Waals surface area (Å²) in [4.78, 5) is 11.9. The monoisotopic (exact) mass is 408 g/mol. The van der Waals surface area contributed by atoms with Crippen LogP contribution in [0.1, 0.15) is 16.1 Å². The van der Waals surface area contributed by atoms with Crippen molar-refractivity contribution in [2.45, 2.75) is 12.4 Å². The van der Waals surface area contributed by atoms with Crippen molar-refractivity contribution in [3.05, 3.63) is 71.9 Å². The van der Waals surface area contributed by atoms with Gasteiger partial charge in [0.1, 0.15) is 5.52 Å². The molecule has 1 heterocycles. The molecule has 0 aliphatic rings. The molecule has 0 saturated heterocycles. The van der Waals surface area contributed by atoms with Crippen molar-refractivity contribution in [1.29, 1.82) is 0 Å². The number of carbonyl (C=O) groups excluding carboxylic acids is 1. The summed E-state index contributed by atoms with van der Waals surface area (Å²) in [6, 6.07) is 13.5. The Bertz CT molecular complexity index is 1240. The molecule has 4 aromatic rings. The third-order valence-electron chi connectivity index (χ3n) is 4.45. The maximum absolute atomic E-state index is 13.9. The minimum atomic E-state index is -5.23. The van der Waals surface area contributed by atoms with Gasteiger partial charge in [-0.1, -0.05) is 42.5 Å². The normalized spacial score (nSPS) is 12.6. The molecular formula is C20H10F6N2O. The van der Waals surface area contributed by atoms with Crippen LogP contribution in [0.2, 0.25) is 0 Å². The zero-order chi connectivity index (χ0) is 21.0. The minimum absolute atomic E-state index is 0.0257. The van der Waals surface area contributed by atoms with E-state index in [-0.39, 0.29) is 22.0 Å². The van der Waals surface area contributed by atoms with E-state index < -0.39 is 34.8 Å². The molecule has 148 valence electrons. The summed E-state index contributed by atoms with van der Waals surface area (Å²) in [5, 5.41) is 3.38. The maximum Gasteiger partial charge on any atom is 0.454 e. The number of para-hydroxylation sites is 1. The Labute approximate surface area is 159 Å². The van der Waals surface area contributed by atoms with Gasteiger partial charge < -0.3 is 0 Å². The van der Waals surface area contributed by atoms with Crippen molar-refractivity contribution in [2.24, 2.45) is 0 Å². The number of ketones is 1. The van der Waals surface area contributed by atoms with Crippen molar-refractivity contribution < 1.29 is 31.1 Å². The van der Waals surface area contributed by atoms with Crippen LogP contribution in [-0.2, 0) is 6.18 Å². The molecule has 0 fully saturated rings. The first kappa shape index (κ1) is 19.0. The van der Waals surface area contributed by atoms with Gasteiger partial charge >= 0.3 is 12.4 Å². The molecule has 0 radical (unpaired) electrons. The summed E-state index contributed by atoms with van der Waals surface area (Å²) >= 11 is 0. The molecule has 29 heavy (non-hydrogen) atoms. The second-order valence-electron chi connectivity index (χ2n) is 6.29. The Morgan fingerprint density at radius 1 is 0.793 bits per heavy atom. The predicted octanol–water partition coefficient (Wildman–Crippen LogP) is 5.94. The smallest absolute Gasteiger partial charge is 0.284 e. The van der Waals surface area contributed by atoms with Crippen LogP contribution in [0.15, 0.2) is 60.7 Å². The first-order chi connectivity index (χ1) is 13.6. The predicted molar refractivity (Wildman–Crippen MR) is 94.0 cm³/mol. The van der Waals surface area contributed by atoms with Crippen molar-refractivity contribution in [2.75, 3.05) is 0 Å². The number of alkyl halides is 6. The van der Waals surface area contributed by atoms with Crippen LogP contribution >= 0.6 is 0 Å². The zero-order valence-corrected chi connectivity index (χ0v) is 14.3. The van der Waals surface area contributed by atoms with Gasteiger partial charge in [0.25, 0.3) is 5.78 Å². The summed E-state index contributed by atoms with van der Waals surface area (Å²) in [7, 11) is 0. The lowest BCUT2D eigenvalue weighted by atomic mass is 9.97. The van der Waals surface area contributed by atoms with Gasteiger partial charge in [0.05, 0.1) is 5.69 Å². The summed E-state index contributed by atoms with van der Waals surface area (Å²) in [5.41, 5.74) is -2.15. The standard InChI is InChI=1S/C20H10F6N2O/c21-19(22,23)17-15-10-14(18(29)20(24,25)26)12-8-4-5-9-13(12)16(15)27-28(17)11-6-2-1-3-7-11/h1-10H. The lowest BCUT2D eigenvalue weighted by molar-refractivity contribution is -0.141. The summed E-state index contributed by atoms with van der Waals surface area (Å²) in [5.74, 6) is -2.21. The van der Waals surface area contributed by atoms with E-state index in [1.165, 1.54) is 48.5 Å². The third-order valence-corrected chi connectivity index (χ3v) is 4.45. The number of Topliss-reactive ketones (excluding diaryl/α,β-unsaturated/α-hetero) is 1. The van der Waals surface area contributed by atoms with Crippen LogP contribution in [0.5, 0.6) is 0 Å². The highest BCUT2D eigenvalue weighted by Crippen LogP contribution is 2.40. The molecule has 0 spiro atoms. The van der Waals surface area contributed by atoms with Gasteiger partial charge in [-0.15, -0.1) is 0 Å². The van der Waals surface area contributed by atoms with Crippen molar-refractivity contribution >= 4 is 27.5 Å². The lowest BCUT2D eigenvalue weighted by Gasteiger charge is -2.12. The Balaban J connectivity index is 2.18. The number of hydrogen-bond acceptors (Lipinski definition) is 2. The molecule has 0 amide bonds. The molecule has 1 aromatic heterocycles. The van der Waals surface area contributed by atoms with E-state index >= 15 is 0 Å². The molecule has 3 aromatic carbocycles. The molecule has 0 bridgehead atoms. The van der Waals surface area contributed by atoms with Gasteiger partial charge in [0, 0.05) is 16.3 Å². The van der Waals surface area contributed by atoms with Gasteiger partial charge in [0.15, 0.2) is 5.69 Å². The van der Waals surface area contributed by atoms with Crippen LogP contribution in [0.25, 0.3) is 27.4 Å². The largest absolute Gasteiger partial charge is 0.454 e. The number of fused-ring (bicyclic) bond motifs is 3. The van der Waals surface area contributed by atoms with Crippen LogP contribution in [-0.4, -0.2) is 21.7 Å². The lowest BCUT2D eigenvalue weighted by Crippen LogP contribution is -2.23. The molecule has 0 saturated carbocycles. The SMILES string of the molecule is O=C(c1cc2c(C(F)(F)F)n(-c3ccccc3)nc2c2ccccc12)C(F)(F)F. The number of hydrogen-bond donors (Lipinski definition) is 0. The van der Waals surface area contributed by atoms with Gasteiger partial charge in [-0.05, 0) is 23.6 Å². The fourth-order valence-electron chi connectivity index (χ4n) is 3.28. The Morgan fingerprint density at radius 2 is 1.38 bits per heavy atom. The number of halogens is 6. The van der Waals surface area contributed by atoms with Gasteiger partial charge in [-0.3, -0.25) is 4.79 Å². The van der Waals surface area contributed by atoms with E-state index in [9.17, 15) is 31.1 Å². The topological polar surface area (TPSA) is 34.9 Å². The highest BCUT2D eigenvalue weighted by molar-refractivity contribution is 6.18. The maximum atomic E-state index is 13.9. The highest BCUT2D eigenvalue weighted by atomic mass is 19.4. The molecule has 9 heteroatoms. The van der Waals surface area contributed by atoms with E-state index in [1.807, 2.05) is 0 Å². The number of rotatable bonds is 2. The highest BCUT2D eigenvalue weighted by Gasteiger charge is 2.42. The average Bonchev–Trinajstić information content (AvgIpc) is 3.07. The van der Waals surface area contributed by atoms with Crippen molar-refractivity contribution in [1.82, 2.24) is 9.78 Å². The van der Waals surface area contributed by atoms with Crippen molar-refractivity contribution in [3.63, 3.8) is 0 Å². The van der Waals surface area contributed by atoms with Crippen molar-refractivity contribution in [3.8, 4) is 5.69 Å². The second-order valence-corrected chi connectivity index (χ2v) is 6.29. The number of aromatic nitrogens is 2. The van der Waals surface area contributed by atoms with Crippen LogP contribution < -0.4 is 0 Å². The molecule has 0 atom stereocenters. The number of carbonyl (C=O) groups is 1. The Hall–Kier alpha value is -3.36. The van der Waals surface area contributed by atoms with Crippen LogP contribution in [0, 0.1) is 0 Å². The number of nitrogens with zero attached hydrogens (tertiary/aromatic N) is 2. The molecule has 0 aliphatic heterocycles. The zero-order valence-electron chi connectivity index (χ0n) is 14.3. The first-order valence-corrected chi connectivity index (χ1v) is 8.27. The fourth-order valence-corrected chi connectivity index (χ4v) is 3.28. The molecular weight excluding hydrogens is 398 g/mol. The van der Waals surface area contributed by atoms with E-state index in [1.54, 1.807) is 6.07 Å². The van der Waals surface area contributed by atoms with Gasteiger partial charge in [-0.25, -0.2) is 4.68 Å².